The first-order chi connectivity index (χ1) is 14.0. The van der Waals surface area contributed by atoms with Crippen LogP contribution in [0.1, 0.15) is 31.4 Å². The van der Waals surface area contributed by atoms with Gasteiger partial charge in [-0.25, -0.2) is 4.79 Å². The summed E-state index contributed by atoms with van der Waals surface area (Å²) in [6.07, 6.45) is 5.63. The first-order valence-corrected chi connectivity index (χ1v) is 10.2. The largest absolute Gasteiger partial charge is 0.497 e. The summed E-state index contributed by atoms with van der Waals surface area (Å²) in [5.74, 6) is 1.49. The molecule has 5 heteroatoms. The highest BCUT2D eigenvalue weighted by atomic mass is 16.5. The zero-order valence-electron chi connectivity index (χ0n) is 17.1. The lowest BCUT2D eigenvalue weighted by Gasteiger charge is -2.51. The Balaban J connectivity index is 1.78. The molecule has 3 aliphatic heterocycles. The van der Waals surface area contributed by atoms with E-state index in [9.17, 15) is 4.79 Å². The Labute approximate surface area is 172 Å². The van der Waals surface area contributed by atoms with Gasteiger partial charge in [0.05, 0.1) is 18.7 Å². The summed E-state index contributed by atoms with van der Waals surface area (Å²) in [6, 6.07) is 7.91. The number of pyridine rings is 1. The maximum Gasteiger partial charge on any atom is 0.333 e. The smallest absolute Gasteiger partial charge is 0.333 e. The Kier molecular flexibility index (Phi) is 5.41. The molecule has 0 amide bonds. The molecule has 152 valence electrons. The van der Waals surface area contributed by atoms with E-state index in [2.05, 4.69) is 29.1 Å². The number of benzene rings is 1. The van der Waals surface area contributed by atoms with E-state index in [4.69, 9.17) is 9.47 Å². The third-order valence-electron chi connectivity index (χ3n) is 6.37. The highest BCUT2D eigenvalue weighted by Gasteiger charge is 2.44. The van der Waals surface area contributed by atoms with Crippen LogP contribution in [0, 0.1) is 11.8 Å². The van der Waals surface area contributed by atoms with Gasteiger partial charge >= 0.3 is 5.97 Å². The molecule has 0 spiro atoms. The predicted octanol–water partition coefficient (Wildman–Crippen LogP) is 4.30. The molecule has 1 aromatic carbocycles. The van der Waals surface area contributed by atoms with Crippen LogP contribution in [0.3, 0.4) is 0 Å². The highest BCUT2D eigenvalue weighted by molar-refractivity contribution is 5.88. The van der Waals surface area contributed by atoms with Crippen molar-refractivity contribution in [3.8, 4) is 5.75 Å². The van der Waals surface area contributed by atoms with Crippen LogP contribution < -0.4 is 4.74 Å². The zero-order chi connectivity index (χ0) is 20.5. The van der Waals surface area contributed by atoms with E-state index in [1.165, 1.54) is 6.42 Å². The molecule has 0 saturated carbocycles. The third-order valence-corrected chi connectivity index (χ3v) is 6.37. The summed E-state index contributed by atoms with van der Waals surface area (Å²) in [6.45, 7) is 11.5. The van der Waals surface area contributed by atoms with Crippen LogP contribution in [-0.2, 0) is 9.53 Å². The first kappa shape index (κ1) is 19.6. The Morgan fingerprint density at radius 1 is 1.38 bits per heavy atom. The molecule has 4 heterocycles. The average Bonchev–Trinajstić information content (AvgIpc) is 2.76. The molecule has 3 fully saturated rings. The van der Waals surface area contributed by atoms with Crippen molar-refractivity contribution < 1.29 is 14.3 Å². The SMILES string of the molecule is C=CC1CN2CCC1CC2[C@@H](OC(=O)C(=C)C)c1ccnc2ccc(OC)cc12. The number of methoxy groups -OCH3 is 1. The van der Waals surface area contributed by atoms with Crippen molar-refractivity contribution in [2.24, 2.45) is 11.8 Å². The van der Waals surface area contributed by atoms with Crippen LogP contribution in [0.25, 0.3) is 10.9 Å². The molecule has 3 saturated heterocycles. The topological polar surface area (TPSA) is 51.7 Å². The van der Waals surface area contributed by atoms with Crippen LogP contribution in [0.5, 0.6) is 5.75 Å². The number of rotatable bonds is 6. The molecular weight excluding hydrogens is 364 g/mol. The van der Waals surface area contributed by atoms with E-state index in [-0.39, 0.29) is 18.1 Å². The van der Waals surface area contributed by atoms with Gasteiger partial charge in [0, 0.05) is 29.3 Å². The predicted molar refractivity (Wildman–Crippen MR) is 114 cm³/mol. The summed E-state index contributed by atoms with van der Waals surface area (Å²) < 4.78 is 11.5. The summed E-state index contributed by atoms with van der Waals surface area (Å²) in [5, 5.41) is 0.953. The van der Waals surface area contributed by atoms with E-state index < -0.39 is 0 Å². The van der Waals surface area contributed by atoms with Gasteiger partial charge < -0.3 is 9.47 Å². The fourth-order valence-electron chi connectivity index (χ4n) is 4.78. The Hall–Kier alpha value is -2.66. The van der Waals surface area contributed by atoms with E-state index >= 15 is 0 Å². The number of piperidine rings is 3. The van der Waals surface area contributed by atoms with Crippen LogP contribution in [-0.4, -0.2) is 42.1 Å². The van der Waals surface area contributed by atoms with Crippen molar-refractivity contribution in [2.75, 3.05) is 20.2 Å². The van der Waals surface area contributed by atoms with Gasteiger partial charge in [-0.2, -0.15) is 0 Å². The monoisotopic (exact) mass is 392 g/mol. The van der Waals surface area contributed by atoms with Crippen LogP contribution in [0.2, 0.25) is 0 Å². The first-order valence-electron chi connectivity index (χ1n) is 10.2. The molecule has 29 heavy (non-hydrogen) atoms. The van der Waals surface area contributed by atoms with Crippen LogP contribution in [0.15, 0.2) is 55.3 Å². The number of hydrogen-bond donors (Lipinski definition) is 0. The van der Waals surface area contributed by atoms with Crippen LogP contribution >= 0.6 is 0 Å². The summed E-state index contributed by atoms with van der Waals surface area (Å²) in [7, 11) is 1.65. The van der Waals surface area contributed by atoms with Gasteiger partial charge in [-0.05, 0) is 62.4 Å². The van der Waals surface area contributed by atoms with Gasteiger partial charge in [0.2, 0.25) is 0 Å². The van der Waals surface area contributed by atoms with Gasteiger partial charge in [0.1, 0.15) is 11.9 Å². The fourth-order valence-corrected chi connectivity index (χ4v) is 4.78. The number of esters is 1. The molecule has 1 aromatic heterocycles. The van der Waals surface area contributed by atoms with E-state index in [0.717, 1.165) is 41.7 Å². The normalized spacial score (nSPS) is 26.7. The summed E-state index contributed by atoms with van der Waals surface area (Å²) in [5.41, 5.74) is 2.24. The molecule has 2 bridgehead atoms. The van der Waals surface area contributed by atoms with E-state index in [1.807, 2.05) is 24.3 Å². The van der Waals surface area contributed by atoms with Gasteiger partial charge in [0.15, 0.2) is 0 Å². The number of carbonyl (C=O) groups is 1. The van der Waals surface area contributed by atoms with Gasteiger partial charge in [-0.3, -0.25) is 9.88 Å². The lowest BCUT2D eigenvalue weighted by atomic mass is 9.73. The summed E-state index contributed by atoms with van der Waals surface area (Å²) in [4.78, 5) is 19.5. The number of ether oxygens (including phenoxy) is 2. The lowest BCUT2D eigenvalue weighted by Crippen LogP contribution is -2.55. The number of hydrogen-bond acceptors (Lipinski definition) is 5. The van der Waals surface area contributed by atoms with Crippen molar-refractivity contribution in [3.63, 3.8) is 0 Å². The van der Waals surface area contributed by atoms with E-state index in [1.54, 1.807) is 20.2 Å². The maximum absolute atomic E-state index is 12.6. The van der Waals surface area contributed by atoms with Crippen molar-refractivity contribution in [3.05, 3.63) is 60.8 Å². The molecular formula is C24H28N2O3. The molecule has 2 aromatic rings. The van der Waals surface area contributed by atoms with Crippen molar-refractivity contribution >= 4 is 16.9 Å². The minimum Gasteiger partial charge on any atom is -0.497 e. The second-order valence-corrected chi connectivity index (χ2v) is 8.14. The minimum absolute atomic E-state index is 0.130. The van der Waals surface area contributed by atoms with Crippen molar-refractivity contribution in [2.45, 2.75) is 31.9 Å². The molecule has 5 rings (SSSR count). The molecule has 0 aliphatic carbocycles. The van der Waals surface area contributed by atoms with Crippen molar-refractivity contribution in [1.82, 2.24) is 9.88 Å². The Bertz CT molecular complexity index is 954. The van der Waals surface area contributed by atoms with Crippen molar-refractivity contribution in [1.29, 1.82) is 0 Å². The molecule has 0 N–H and O–H groups in total. The number of nitrogens with zero attached hydrogens (tertiary/aromatic N) is 2. The van der Waals surface area contributed by atoms with Gasteiger partial charge in [-0.15, -0.1) is 6.58 Å². The molecule has 5 atom stereocenters. The Morgan fingerprint density at radius 2 is 2.21 bits per heavy atom. The number of fused-ring (bicyclic) bond motifs is 4. The van der Waals surface area contributed by atoms with E-state index in [0.29, 0.717) is 17.4 Å². The molecule has 3 aliphatic rings. The fraction of sp³-hybridized carbons (Fsp3) is 0.417. The maximum atomic E-state index is 12.6. The second-order valence-electron chi connectivity index (χ2n) is 8.14. The Morgan fingerprint density at radius 3 is 2.86 bits per heavy atom. The minimum atomic E-state index is -0.384. The van der Waals surface area contributed by atoms with Gasteiger partial charge in [-0.1, -0.05) is 12.7 Å². The van der Waals surface area contributed by atoms with Gasteiger partial charge in [0.25, 0.3) is 0 Å². The average molecular weight is 392 g/mol. The standard InChI is InChI=1S/C24H28N2O3/c1-5-16-14-26-11-9-17(16)12-22(26)23(29-24(27)15(2)3)19-8-10-25-21-7-6-18(28-4)13-20(19)21/h5-8,10,13,16-17,22-23H,1-2,9,11-12,14H2,3-4H3/t16?,17?,22?,23-/m0/s1. The zero-order valence-corrected chi connectivity index (χ0v) is 17.1. The third kappa shape index (κ3) is 3.67. The van der Waals surface area contributed by atoms with Crippen LogP contribution in [0.4, 0.5) is 0 Å². The molecule has 5 nitrogen and oxygen atoms in total. The summed E-state index contributed by atoms with van der Waals surface area (Å²) >= 11 is 0. The molecule has 4 unspecified atom stereocenters. The molecule has 0 radical (unpaired) electrons. The quantitative estimate of drug-likeness (QED) is 0.417. The highest BCUT2D eigenvalue weighted by Crippen LogP contribution is 2.43. The number of aromatic nitrogens is 1. The number of carbonyl (C=O) groups excluding carboxylic acids is 1. The lowest BCUT2D eigenvalue weighted by molar-refractivity contribution is -0.152. The second kappa shape index (κ2) is 7.99.